The van der Waals surface area contributed by atoms with Crippen LogP contribution in [0.3, 0.4) is 0 Å². The summed E-state index contributed by atoms with van der Waals surface area (Å²) in [5, 5.41) is 13.1. The summed E-state index contributed by atoms with van der Waals surface area (Å²) in [5.74, 6) is 0.900. The average Bonchev–Trinajstić information content (AvgIpc) is 2.91. The maximum Gasteiger partial charge on any atom is 0.168 e. The Morgan fingerprint density at radius 2 is 2.28 bits per heavy atom. The SMILES string of the molecule is Br.COc1ccc(C2=CSC3=NCCN23)c(O)c1. The lowest BCUT2D eigenvalue weighted by molar-refractivity contribution is 0.407. The van der Waals surface area contributed by atoms with Gasteiger partial charge in [-0.15, -0.1) is 17.0 Å². The fraction of sp³-hybridized carbons (Fsp3) is 0.250. The van der Waals surface area contributed by atoms with Crippen LogP contribution >= 0.6 is 28.7 Å². The van der Waals surface area contributed by atoms with Crippen molar-refractivity contribution < 1.29 is 9.84 Å². The van der Waals surface area contributed by atoms with Crippen molar-refractivity contribution >= 4 is 39.6 Å². The van der Waals surface area contributed by atoms with E-state index in [9.17, 15) is 5.11 Å². The number of rotatable bonds is 2. The first-order valence-corrected chi connectivity index (χ1v) is 6.24. The molecule has 1 N–H and O–H groups in total. The van der Waals surface area contributed by atoms with Gasteiger partial charge in [0.05, 0.1) is 19.4 Å². The molecular weight excluding hydrogens is 316 g/mol. The molecule has 1 aromatic rings. The van der Waals surface area contributed by atoms with Gasteiger partial charge < -0.3 is 14.7 Å². The highest BCUT2D eigenvalue weighted by Crippen LogP contribution is 2.39. The molecule has 0 aliphatic carbocycles. The first kappa shape index (κ1) is 13.3. The van der Waals surface area contributed by atoms with Crippen molar-refractivity contribution in [2.24, 2.45) is 4.99 Å². The second kappa shape index (κ2) is 5.24. The lowest BCUT2D eigenvalue weighted by atomic mass is 10.1. The van der Waals surface area contributed by atoms with Gasteiger partial charge in [-0.25, -0.2) is 0 Å². The number of aromatic hydroxyl groups is 1. The molecule has 1 aromatic carbocycles. The third-order valence-corrected chi connectivity index (χ3v) is 3.75. The van der Waals surface area contributed by atoms with Crippen LogP contribution in [0, 0.1) is 0 Å². The number of fused-ring (bicyclic) bond motifs is 1. The van der Waals surface area contributed by atoms with E-state index in [-0.39, 0.29) is 22.7 Å². The normalized spacial score (nSPS) is 16.8. The predicted molar refractivity (Wildman–Crippen MR) is 79.6 cm³/mol. The molecule has 0 bridgehead atoms. The second-order valence-corrected chi connectivity index (χ2v) is 4.66. The number of thioether (sulfide) groups is 1. The maximum absolute atomic E-state index is 10.0. The van der Waals surface area contributed by atoms with E-state index in [4.69, 9.17) is 4.74 Å². The van der Waals surface area contributed by atoms with Gasteiger partial charge in [-0.2, -0.15) is 0 Å². The van der Waals surface area contributed by atoms with Crippen molar-refractivity contribution in [3.8, 4) is 11.5 Å². The van der Waals surface area contributed by atoms with E-state index in [0.29, 0.717) is 5.75 Å². The van der Waals surface area contributed by atoms with E-state index in [2.05, 4.69) is 9.89 Å². The second-order valence-electron chi connectivity index (χ2n) is 3.82. The van der Waals surface area contributed by atoms with Crippen molar-refractivity contribution in [3.63, 3.8) is 0 Å². The van der Waals surface area contributed by atoms with Gasteiger partial charge in [0.25, 0.3) is 0 Å². The molecule has 0 aromatic heterocycles. The predicted octanol–water partition coefficient (Wildman–Crippen LogP) is 2.70. The zero-order valence-electron chi connectivity index (χ0n) is 9.79. The van der Waals surface area contributed by atoms with Gasteiger partial charge in [-0.3, -0.25) is 4.99 Å². The average molecular weight is 329 g/mol. The number of phenols is 1. The van der Waals surface area contributed by atoms with Crippen molar-refractivity contribution in [2.75, 3.05) is 20.2 Å². The molecule has 0 radical (unpaired) electrons. The zero-order valence-corrected chi connectivity index (χ0v) is 12.3. The van der Waals surface area contributed by atoms with Crippen molar-refractivity contribution in [1.82, 2.24) is 4.90 Å². The summed E-state index contributed by atoms with van der Waals surface area (Å²) < 4.78 is 5.08. The van der Waals surface area contributed by atoms with Crippen LogP contribution in [0.4, 0.5) is 0 Å². The maximum atomic E-state index is 10.0. The van der Waals surface area contributed by atoms with Gasteiger partial charge >= 0.3 is 0 Å². The van der Waals surface area contributed by atoms with Gasteiger partial charge in [0, 0.05) is 23.6 Å². The Morgan fingerprint density at radius 3 is 3.00 bits per heavy atom. The molecule has 0 saturated carbocycles. The van der Waals surface area contributed by atoms with Crippen molar-refractivity contribution in [2.45, 2.75) is 0 Å². The fourth-order valence-corrected chi connectivity index (χ4v) is 2.94. The Kier molecular flexibility index (Phi) is 3.87. The molecule has 18 heavy (non-hydrogen) atoms. The van der Waals surface area contributed by atoms with Crippen LogP contribution < -0.4 is 4.74 Å². The zero-order chi connectivity index (χ0) is 11.8. The van der Waals surface area contributed by atoms with E-state index < -0.39 is 0 Å². The topological polar surface area (TPSA) is 45.1 Å². The number of nitrogens with zero attached hydrogens (tertiary/aromatic N) is 2. The molecule has 2 aliphatic rings. The number of benzene rings is 1. The van der Waals surface area contributed by atoms with Crippen LogP contribution in [0.1, 0.15) is 5.56 Å². The number of methoxy groups -OCH3 is 1. The molecule has 0 saturated heterocycles. The van der Waals surface area contributed by atoms with E-state index in [0.717, 1.165) is 29.5 Å². The highest BCUT2D eigenvalue weighted by molar-refractivity contribution is 8.93. The molecule has 4 nitrogen and oxygen atoms in total. The Bertz CT molecular complexity index is 531. The molecule has 2 heterocycles. The number of amidine groups is 1. The summed E-state index contributed by atoms with van der Waals surface area (Å²) in [6, 6.07) is 5.36. The van der Waals surface area contributed by atoms with E-state index in [1.54, 1.807) is 24.9 Å². The molecule has 0 atom stereocenters. The standard InChI is InChI=1S/C12H12N2O2S.BrH/c1-16-8-2-3-9(11(15)6-8)10-7-17-12-13-4-5-14(10)12;/h2-3,6-7,15H,4-5H2,1H3;1H. The highest BCUT2D eigenvalue weighted by Gasteiger charge is 2.28. The third-order valence-electron chi connectivity index (χ3n) is 2.85. The lowest BCUT2D eigenvalue weighted by Crippen LogP contribution is -2.19. The van der Waals surface area contributed by atoms with Gasteiger partial charge in [0.2, 0.25) is 0 Å². The van der Waals surface area contributed by atoms with E-state index in [1.807, 2.05) is 17.5 Å². The molecule has 0 fully saturated rings. The van der Waals surface area contributed by atoms with E-state index >= 15 is 0 Å². The molecule has 0 unspecified atom stereocenters. The van der Waals surface area contributed by atoms with Gasteiger partial charge in [-0.05, 0) is 12.1 Å². The van der Waals surface area contributed by atoms with Gasteiger partial charge in [0.15, 0.2) is 5.17 Å². The van der Waals surface area contributed by atoms with Crippen molar-refractivity contribution in [3.05, 3.63) is 29.2 Å². The number of hydrogen-bond donors (Lipinski definition) is 1. The molecule has 3 rings (SSSR count). The van der Waals surface area contributed by atoms with Crippen molar-refractivity contribution in [1.29, 1.82) is 0 Å². The minimum absolute atomic E-state index is 0. The van der Waals surface area contributed by atoms with Crippen LogP contribution in [0.5, 0.6) is 11.5 Å². The molecule has 2 aliphatic heterocycles. The van der Waals surface area contributed by atoms with Crippen LogP contribution in [0.25, 0.3) is 5.70 Å². The summed E-state index contributed by atoms with van der Waals surface area (Å²) in [6.45, 7) is 1.72. The summed E-state index contributed by atoms with van der Waals surface area (Å²) >= 11 is 1.61. The summed E-state index contributed by atoms with van der Waals surface area (Å²) in [7, 11) is 1.59. The third kappa shape index (κ3) is 2.10. The smallest absolute Gasteiger partial charge is 0.168 e. The van der Waals surface area contributed by atoms with E-state index in [1.165, 1.54) is 0 Å². The number of aliphatic imine (C=N–C) groups is 1. The summed E-state index contributed by atoms with van der Waals surface area (Å²) in [4.78, 5) is 6.52. The molecule has 6 heteroatoms. The number of phenolic OH excluding ortho intramolecular Hbond substituents is 1. The summed E-state index contributed by atoms with van der Waals surface area (Å²) in [6.07, 6.45) is 0. The monoisotopic (exact) mass is 328 g/mol. The Balaban J connectivity index is 0.00000120. The Labute approximate surface area is 120 Å². The minimum Gasteiger partial charge on any atom is -0.507 e. The van der Waals surface area contributed by atoms with Gasteiger partial charge in [-0.1, -0.05) is 11.8 Å². The largest absolute Gasteiger partial charge is 0.507 e. The Hall–Kier alpha value is -1.14. The van der Waals surface area contributed by atoms with Gasteiger partial charge in [0.1, 0.15) is 11.5 Å². The summed E-state index contributed by atoms with van der Waals surface area (Å²) in [5.41, 5.74) is 1.84. The van der Waals surface area contributed by atoms with Crippen LogP contribution in [-0.2, 0) is 0 Å². The molecule has 0 spiro atoms. The number of halogens is 1. The van der Waals surface area contributed by atoms with Crippen LogP contribution in [0.2, 0.25) is 0 Å². The fourth-order valence-electron chi connectivity index (χ4n) is 1.99. The number of hydrogen-bond acceptors (Lipinski definition) is 5. The highest BCUT2D eigenvalue weighted by atomic mass is 79.9. The lowest BCUT2D eigenvalue weighted by Gasteiger charge is -2.17. The molecule has 96 valence electrons. The van der Waals surface area contributed by atoms with Crippen LogP contribution in [0.15, 0.2) is 28.6 Å². The van der Waals surface area contributed by atoms with Crippen LogP contribution in [-0.4, -0.2) is 35.4 Å². The minimum atomic E-state index is 0. The number of ether oxygens (including phenoxy) is 1. The quantitative estimate of drug-likeness (QED) is 0.906. The molecular formula is C12H13BrN2O2S. The Morgan fingerprint density at radius 1 is 1.44 bits per heavy atom. The first-order valence-electron chi connectivity index (χ1n) is 5.36. The molecule has 0 amide bonds. The first-order chi connectivity index (χ1) is 8.29.